The second-order valence-electron chi connectivity index (χ2n) is 19.0. The first kappa shape index (κ1) is 62.5. The summed E-state index contributed by atoms with van der Waals surface area (Å²) in [6, 6.07) is 0. The number of unbranched alkanes of at least 4 members (excludes halogenated alkanes) is 40. The average molecular weight is 919 g/mol. The number of phosphoric ester groups is 1. The maximum absolute atomic E-state index is 12.7. The van der Waals surface area contributed by atoms with Gasteiger partial charge in [0.05, 0.1) is 26.4 Å². The summed E-state index contributed by atoms with van der Waals surface area (Å²) in [5.41, 5.74) is 0. The van der Waals surface area contributed by atoms with Crippen molar-refractivity contribution < 1.29 is 43.0 Å². The third kappa shape index (κ3) is 50.7. The number of hydrogen-bond acceptors (Lipinski definition) is 8. The Morgan fingerprint density at radius 3 is 1.03 bits per heavy atom. The standard InChI is InChI=1S/C53H107O9P/c1-3-5-7-9-11-13-15-17-19-20-21-22-23-24-25-26-27-28-29-30-31-32-33-35-37-39-41-43-45-53(56)62-52(50-61-63(57,58)60-48-51(55)47-54)49-59-46-44-42-40-38-36-34-18-16-14-12-10-8-6-4-2/h51-52,54-55H,3-50H2,1-2H3,(H,57,58)/t51-,52+/m0/s1. The van der Waals surface area contributed by atoms with Gasteiger partial charge in [-0.05, 0) is 12.8 Å². The molecule has 0 rings (SSSR count). The van der Waals surface area contributed by atoms with Crippen LogP contribution in [0, 0.1) is 0 Å². The Kier molecular flexibility index (Phi) is 50.4. The third-order valence-electron chi connectivity index (χ3n) is 12.5. The van der Waals surface area contributed by atoms with Crippen LogP contribution < -0.4 is 0 Å². The van der Waals surface area contributed by atoms with Crippen molar-refractivity contribution in [1.82, 2.24) is 0 Å². The molecule has 9 nitrogen and oxygen atoms in total. The third-order valence-corrected chi connectivity index (χ3v) is 13.5. The summed E-state index contributed by atoms with van der Waals surface area (Å²) in [5, 5.41) is 18.4. The van der Waals surface area contributed by atoms with Crippen molar-refractivity contribution in [3.63, 3.8) is 0 Å². The van der Waals surface area contributed by atoms with Crippen LogP contribution in [-0.4, -0.2) is 66.3 Å². The van der Waals surface area contributed by atoms with Crippen molar-refractivity contribution in [2.75, 3.05) is 33.0 Å². The topological polar surface area (TPSA) is 132 Å². The molecule has 0 aromatic rings. The van der Waals surface area contributed by atoms with Crippen LogP contribution in [0.25, 0.3) is 0 Å². The molecular formula is C53H107O9P. The van der Waals surface area contributed by atoms with Gasteiger partial charge >= 0.3 is 13.8 Å². The summed E-state index contributed by atoms with van der Waals surface area (Å²) in [7, 11) is -4.51. The van der Waals surface area contributed by atoms with E-state index in [4.69, 9.17) is 23.6 Å². The van der Waals surface area contributed by atoms with Gasteiger partial charge in [0.15, 0.2) is 0 Å². The van der Waals surface area contributed by atoms with Crippen molar-refractivity contribution in [2.45, 2.75) is 302 Å². The SMILES string of the molecule is CCCCCCCCCCCCCCCCCCCCCCCCCCCCCCC(=O)O[C@H](COCCCCCCCCCCCCCCCC)COP(=O)(O)OC[C@@H](O)CO. The van der Waals surface area contributed by atoms with E-state index in [-0.39, 0.29) is 25.6 Å². The molecule has 0 aliphatic heterocycles. The highest BCUT2D eigenvalue weighted by atomic mass is 31.2. The molecule has 0 saturated carbocycles. The Balaban J connectivity index is 3.88. The molecule has 378 valence electrons. The first-order valence-corrected chi connectivity index (χ1v) is 29.0. The lowest BCUT2D eigenvalue weighted by molar-refractivity contribution is -0.154. The average Bonchev–Trinajstić information content (AvgIpc) is 3.28. The van der Waals surface area contributed by atoms with E-state index < -0.39 is 33.2 Å². The molecular weight excluding hydrogens is 812 g/mol. The summed E-state index contributed by atoms with van der Waals surface area (Å²) in [6.07, 6.45) is 53.8. The summed E-state index contributed by atoms with van der Waals surface area (Å²) < 4.78 is 33.5. The largest absolute Gasteiger partial charge is 0.472 e. The lowest BCUT2D eigenvalue weighted by Gasteiger charge is -2.20. The number of aliphatic hydroxyl groups excluding tert-OH is 2. The van der Waals surface area contributed by atoms with Crippen LogP contribution in [-0.2, 0) is 27.9 Å². The molecule has 63 heavy (non-hydrogen) atoms. The second kappa shape index (κ2) is 50.9. The molecule has 0 radical (unpaired) electrons. The number of carbonyl (C=O) groups excluding carboxylic acids is 1. The first-order valence-electron chi connectivity index (χ1n) is 27.5. The van der Waals surface area contributed by atoms with Gasteiger partial charge in [0.1, 0.15) is 12.2 Å². The minimum atomic E-state index is -4.51. The summed E-state index contributed by atoms with van der Waals surface area (Å²) >= 11 is 0. The van der Waals surface area contributed by atoms with Crippen molar-refractivity contribution in [3.05, 3.63) is 0 Å². The number of ether oxygens (including phenoxy) is 2. The Morgan fingerprint density at radius 1 is 0.429 bits per heavy atom. The molecule has 0 aromatic carbocycles. The van der Waals surface area contributed by atoms with Crippen molar-refractivity contribution in [1.29, 1.82) is 0 Å². The maximum atomic E-state index is 12.7. The van der Waals surface area contributed by atoms with E-state index in [9.17, 15) is 19.4 Å². The van der Waals surface area contributed by atoms with Gasteiger partial charge in [0.2, 0.25) is 0 Å². The number of hydrogen-bond donors (Lipinski definition) is 3. The highest BCUT2D eigenvalue weighted by molar-refractivity contribution is 7.47. The molecule has 0 spiro atoms. The van der Waals surface area contributed by atoms with Gasteiger partial charge in [0.25, 0.3) is 0 Å². The van der Waals surface area contributed by atoms with Crippen molar-refractivity contribution in [3.8, 4) is 0 Å². The molecule has 3 atom stereocenters. The molecule has 0 bridgehead atoms. The lowest BCUT2D eigenvalue weighted by Crippen LogP contribution is -2.29. The molecule has 0 saturated heterocycles. The van der Waals surface area contributed by atoms with E-state index in [0.29, 0.717) is 6.61 Å². The fourth-order valence-electron chi connectivity index (χ4n) is 8.36. The zero-order valence-corrected chi connectivity index (χ0v) is 42.7. The fourth-order valence-corrected chi connectivity index (χ4v) is 9.15. The zero-order chi connectivity index (χ0) is 46.0. The van der Waals surface area contributed by atoms with E-state index >= 15 is 0 Å². The van der Waals surface area contributed by atoms with Gasteiger partial charge in [-0.25, -0.2) is 4.57 Å². The van der Waals surface area contributed by atoms with Crippen LogP contribution >= 0.6 is 7.82 Å². The molecule has 0 aliphatic rings. The minimum Gasteiger partial charge on any atom is -0.457 e. The summed E-state index contributed by atoms with van der Waals surface area (Å²) in [5.74, 6) is -0.372. The molecule has 10 heteroatoms. The van der Waals surface area contributed by atoms with Crippen LogP contribution in [0.4, 0.5) is 0 Å². The molecule has 1 unspecified atom stereocenters. The molecule has 0 heterocycles. The molecule has 0 aliphatic carbocycles. The molecule has 0 fully saturated rings. The molecule has 3 N–H and O–H groups in total. The number of phosphoric acid groups is 1. The van der Waals surface area contributed by atoms with Crippen LogP contribution in [0.2, 0.25) is 0 Å². The number of carbonyl (C=O) groups is 1. The van der Waals surface area contributed by atoms with Gasteiger partial charge in [-0.3, -0.25) is 13.8 Å². The van der Waals surface area contributed by atoms with Crippen LogP contribution in [0.1, 0.15) is 290 Å². The second-order valence-corrected chi connectivity index (χ2v) is 20.4. The predicted molar refractivity (Wildman–Crippen MR) is 265 cm³/mol. The van der Waals surface area contributed by atoms with Gasteiger partial charge < -0.3 is 24.6 Å². The van der Waals surface area contributed by atoms with Gasteiger partial charge in [-0.15, -0.1) is 0 Å². The highest BCUT2D eigenvalue weighted by Gasteiger charge is 2.26. The van der Waals surface area contributed by atoms with E-state index in [2.05, 4.69) is 13.8 Å². The fraction of sp³-hybridized carbons (Fsp3) is 0.981. The molecule has 0 aromatic heterocycles. The Labute approximate surface area is 390 Å². The Morgan fingerprint density at radius 2 is 0.714 bits per heavy atom. The predicted octanol–water partition coefficient (Wildman–Crippen LogP) is 16.2. The normalized spacial score (nSPS) is 13.7. The van der Waals surface area contributed by atoms with E-state index in [1.54, 1.807) is 0 Å². The van der Waals surface area contributed by atoms with Crippen LogP contribution in [0.3, 0.4) is 0 Å². The quantitative estimate of drug-likeness (QED) is 0.0310. The first-order chi connectivity index (χ1) is 30.8. The summed E-state index contributed by atoms with van der Waals surface area (Å²) in [4.78, 5) is 22.7. The lowest BCUT2D eigenvalue weighted by atomic mass is 10.0. The summed E-state index contributed by atoms with van der Waals surface area (Å²) in [6.45, 7) is 3.61. The van der Waals surface area contributed by atoms with E-state index in [0.717, 1.165) is 32.1 Å². The molecule has 0 amide bonds. The highest BCUT2D eigenvalue weighted by Crippen LogP contribution is 2.43. The number of aliphatic hydroxyl groups is 2. The Bertz CT molecular complexity index is 953. The van der Waals surface area contributed by atoms with E-state index in [1.807, 2.05) is 0 Å². The smallest absolute Gasteiger partial charge is 0.457 e. The maximum Gasteiger partial charge on any atom is 0.472 e. The monoisotopic (exact) mass is 919 g/mol. The van der Waals surface area contributed by atoms with E-state index in [1.165, 1.54) is 238 Å². The van der Waals surface area contributed by atoms with Gasteiger partial charge in [-0.2, -0.15) is 0 Å². The van der Waals surface area contributed by atoms with Crippen LogP contribution in [0.5, 0.6) is 0 Å². The number of esters is 1. The Hall–Kier alpha value is -0.540. The van der Waals surface area contributed by atoms with Gasteiger partial charge in [0, 0.05) is 13.0 Å². The number of rotatable bonds is 54. The van der Waals surface area contributed by atoms with Crippen molar-refractivity contribution in [2.24, 2.45) is 0 Å². The minimum absolute atomic E-state index is 0.0585. The zero-order valence-electron chi connectivity index (χ0n) is 41.8. The van der Waals surface area contributed by atoms with Crippen molar-refractivity contribution >= 4 is 13.8 Å². The van der Waals surface area contributed by atoms with Gasteiger partial charge in [-0.1, -0.05) is 271 Å². The van der Waals surface area contributed by atoms with Crippen LogP contribution in [0.15, 0.2) is 0 Å².